The molecule has 0 unspecified atom stereocenters. The first-order valence-electron chi connectivity index (χ1n) is 13.3. The van der Waals surface area contributed by atoms with Crippen LogP contribution in [-0.4, -0.2) is 48.0 Å². The molecule has 0 spiro atoms. The molecule has 2 aliphatic heterocycles. The maximum Gasteiger partial charge on any atom is 0.259 e. The van der Waals surface area contributed by atoms with E-state index in [4.69, 9.17) is 0 Å². The van der Waals surface area contributed by atoms with E-state index >= 15 is 0 Å². The van der Waals surface area contributed by atoms with Crippen molar-refractivity contribution in [3.8, 4) is 0 Å². The average Bonchev–Trinajstić information content (AvgIpc) is 2.97. The summed E-state index contributed by atoms with van der Waals surface area (Å²) in [4.78, 5) is 39.6. The highest BCUT2D eigenvalue weighted by Gasteiger charge is 2.21. The van der Waals surface area contributed by atoms with Gasteiger partial charge in [0.2, 0.25) is 0 Å². The van der Waals surface area contributed by atoms with E-state index in [-0.39, 0.29) is 11.8 Å². The molecule has 2 saturated heterocycles. The molecule has 2 N–H and O–H groups in total. The third-order valence-electron chi connectivity index (χ3n) is 7.01. The van der Waals surface area contributed by atoms with E-state index in [2.05, 4.69) is 30.4 Å². The molecule has 37 heavy (non-hydrogen) atoms. The Morgan fingerprint density at radius 2 is 1.27 bits per heavy atom. The Hall–Kier alpha value is -3.94. The van der Waals surface area contributed by atoms with E-state index in [1.165, 1.54) is 12.8 Å². The Balaban J connectivity index is 1.24. The van der Waals surface area contributed by atoms with Crippen LogP contribution in [0, 0.1) is 0 Å². The molecule has 192 valence electrons. The number of rotatable bonds is 7. The summed E-state index contributed by atoms with van der Waals surface area (Å²) in [6, 6.07) is 14.8. The molecule has 8 nitrogen and oxygen atoms in total. The molecule has 0 atom stereocenters. The van der Waals surface area contributed by atoms with Gasteiger partial charge in [-0.3, -0.25) is 9.59 Å². The maximum absolute atomic E-state index is 13.2. The minimum absolute atomic E-state index is 0.148. The number of carbonyl (C=O) groups is 2. The van der Waals surface area contributed by atoms with E-state index in [0.29, 0.717) is 23.4 Å². The monoisotopic (exact) mass is 498 g/mol. The first-order chi connectivity index (χ1) is 18.2. The number of nitrogens with one attached hydrogen (secondary N) is 2. The largest absolute Gasteiger partial charge is 0.356 e. The van der Waals surface area contributed by atoms with Crippen molar-refractivity contribution in [3.63, 3.8) is 0 Å². The lowest BCUT2D eigenvalue weighted by molar-refractivity contribution is 0.0950. The van der Waals surface area contributed by atoms with Gasteiger partial charge >= 0.3 is 0 Å². The van der Waals surface area contributed by atoms with Gasteiger partial charge in [0.25, 0.3) is 11.8 Å². The van der Waals surface area contributed by atoms with Crippen molar-refractivity contribution >= 4 is 29.1 Å². The van der Waals surface area contributed by atoms with Gasteiger partial charge in [0.15, 0.2) is 0 Å². The minimum atomic E-state index is -0.184. The van der Waals surface area contributed by atoms with Crippen LogP contribution in [0.4, 0.5) is 17.3 Å². The van der Waals surface area contributed by atoms with Crippen LogP contribution in [0.2, 0.25) is 0 Å². The van der Waals surface area contributed by atoms with Gasteiger partial charge in [-0.1, -0.05) is 12.1 Å². The second-order valence-electron chi connectivity index (χ2n) is 9.68. The normalized spacial score (nSPS) is 15.8. The second-order valence-corrected chi connectivity index (χ2v) is 9.68. The maximum atomic E-state index is 13.2. The zero-order valence-corrected chi connectivity index (χ0v) is 21.2. The van der Waals surface area contributed by atoms with Gasteiger partial charge in [0.1, 0.15) is 11.6 Å². The lowest BCUT2D eigenvalue weighted by Crippen LogP contribution is -2.33. The molecule has 3 aromatic rings. The minimum Gasteiger partial charge on any atom is -0.356 e. The van der Waals surface area contributed by atoms with Gasteiger partial charge in [0, 0.05) is 50.8 Å². The molecular formula is C29H34N6O2. The third-order valence-corrected chi connectivity index (χ3v) is 7.01. The van der Waals surface area contributed by atoms with Crippen LogP contribution in [0.25, 0.3) is 0 Å². The topological polar surface area (TPSA) is 90.5 Å². The summed E-state index contributed by atoms with van der Waals surface area (Å²) in [7, 11) is 0. The predicted octanol–water partition coefficient (Wildman–Crippen LogP) is 4.64. The summed E-state index contributed by atoms with van der Waals surface area (Å²) in [6.45, 7) is 4.04. The van der Waals surface area contributed by atoms with Crippen LogP contribution in [0.5, 0.6) is 0 Å². The van der Waals surface area contributed by atoms with Crippen molar-refractivity contribution in [2.24, 2.45) is 0 Å². The fourth-order valence-electron chi connectivity index (χ4n) is 5.10. The SMILES string of the molecule is O=C(NCc1cccc(NC(=O)c2cccnc2N2CCCCC2)c1)c1cccnc1N1CCCCC1. The molecule has 8 heteroatoms. The molecule has 0 aliphatic carbocycles. The molecule has 1 aromatic carbocycles. The van der Waals surface area contributed by atoms with Crippen LogP contribution in [0.15, 0.2) is 60.9 Å². The number of carbonyl (C=O) groups excluding carboxylic acids is 2. The smallest absolute Gasteiger partial charge is 0.259 e. The van der Waals surface area contributed by atoms with Crippen LogP contribution < -0.4 is 20.4 Å². The van der Waals surface area contributed by atoms with Gasteiger partial charge in [-0.05, 0) is 80.5 Å². The first kappa shape index (κ1) is 24.7. The Bertz CT molecular complexity index is 1230. The highest BCUT2D eigenvalue weighted by atomic mass is 16.2. The molecule has 4 heterocycles. The van der Waals surface area contributed by atoms with Crippen molar-refractivity contribution in [1.82, 2.24) is 15.3 Å². The molecular weight excluding hydrogens is 464 g/mol. The number of anilines is 3. The molecule has 0 saturated carbocycles. The van der Waals surface area contributed by atoms with Crippen molar-refractivity contribution < 1.29 is 9.59 Å². The number of hydrogen-bond acceptors (Lipinski definition) is 6. The second kappa shape index (κ2) is 11.9. The fourth-order valence-corrected chi connectivity index (χ4v) is 5.10. The summed E-state index contributed by atoms with van der Waals surface area (Å²) in [5, 5.41) is 6.04. The first-order valence-corrected chi connectivity index (χ1v) is 13.3. The summed E-state index contributed by atoms with van der Waals surface area (Å²) >= 11 is 0. The van der Waals surface area contributed by atoms with E-state index < -0.39 is 0 Å². The molecule has 0 bridgehead atoms. The number of piperidine rings is 2. The highest BCUT2D eigenvalue weighted by molar-refractivity contribution is 6.07. The van der Waals surface area contributed by atoms with E-state index in [0.717, 1.165) is 69.1 Å². The molecule has 5 rings (SSSR count). The fraction of sp³-hybridized carbons (Fsp3) is 0.379. The number of nitrogens with zero attached hydrogens (tertiary/aromatic N) is 4. The van der Waals surface area contributed by atoms with E-state index in [1.54, 1.807) is 24.5 Å². The Kier molecular flexibility index (Phi) is 7.93. The van der Waals surface area contributed by atoms with Crippen molar-refractivity contribution in [3.05, 3.63) is 77.6 Å². The number of benzene rings is 1. The Morgan fingerprint density at radius 1 is 0.703 bits per heavy atom. The van der Waals surface area contributed by atoms with E-state index in [1.807, 2.05) is 36.4 Å². The van der Waals surface area contributed by atoms with Gasteiger partial charge in [-0.25, -0.2) is 9.97 Å². The summed E-state index contributed by atoms with van der Waals surface area (Å²) in [5.74, 6) is 1.16. The van der Waals surface area contributed by atoms with Crippen molar-refractivity contribution in [2.45, 2.75) is 45.1 Å². The van der Waals surface area contributed by atoms with Gasteiger partial charge < -0.3 is 20.4 Å². The van der Waals surface area contributed by atoms with Gasteiger partial charge in [0.05, 0.1) is 11.1 Å². The Morgan fingerprint density at radius 3 is 1.86 bits per heavy atom. The average molecular weight is 499 g/mol. The zero-order chi connectivity index (χ0) is 25.5. The predicted molar refractivity (Wildman–Crippen MR) is 146 cm³/mol. The standard InChI is InChI=1S/C29H34N6O2/c36-28(24-12-8-14-30-26(24)34-16-3-1-4-17-34)32-21-22-10-7-11-23(20-22)33-29(37)25-13-9-15-31-27(25)35-18-5-2-6-19-35/h7-15,20H,1-6,16-19,21H2,(H,32,36)(H,33,37). The number of amides is 2. The molecule has 2 aliphatic rings. The highest BCUT2D eigenvalue weighted by Crippen LogP contribution is 2.24. The number of aromatic nitrogens is 2. The van der Waals surface area contributed by atoms with Crippen LogP contribution >= 0.6 is 0 Å². The summed E-state index contributed by atoms with van der Waals surface area (Å²) in [5.41, 5.74) is 2.75. The quantitative estimate of drug-likeness (QED) is 0.493. The Labute approximate surface area is 218 Å². The van der Waals surface area contributed by atoms with Gasteiger partial charge in [-0.2, -0.15) is 0 Å². The third kappa shape index (κ3) is 6.07. The van der Waals surface area contributed by atoms with Crippen molar-refractivity contribution in [1.29, 1.82) is 0 Å². The lowest BCUT2D eigenvalue weighted by Gasteiger charge is -2.29. The molecule has 2 amide bonds. The van der Waals surface area contributed by atoms with Crippen LogP contribution in [-0.2, 0) is 6.54 Å². The molecule has 0 radical (unpaired) electrons. The van der Waals surface area contributed by atoms with Crippen molar-refractivity contribution in [2.75, 3.05) is 41.3 Å². The lowest BCUT2D eigenvalue weighted by atomic mass is 10.1. The molecule has 2 aromatic heterocycles. The molecule has 2 fully saturated rings. The zero-order valence-electron chi connectivity index (χ0n) is 21.2. The van der Waals surface area contributed by atoms with Gasteiger partial charge in [-0.15, -0.1) is 0 Å². The summed E-state index contributed by atoms with van der Waals surface area (Å²) in [6.07, 6.45) is 10.4. The van der Waals surface area contributed by atoms with E-state index in [9.17, 15) is 9.59 Å². The number of pyridine rings is 2. The van der Waals surface area contributed by atoms with Crippen LogP contribution in [0.1, 0.15) is 64.8 Å². The summed E-state index contributed by atoms with van der Waals surface area (Å²) < 4.78 is 0. The van der Waals surface area contributed by atoms with Crippen LogP contribution in [0.3, 0.4) is 0 Å². The number of hydrogen-bond donors (Lipinski definition) is 2.